The van der Waals surface area contributed by atoms with Crippen molar-refractivity contribution >= 4 is 31.1 Å². The number of alkyl carbamates (subject to hydrolysis) is 1. The van der Waals surface area contributed by atoms with Crippen LogP contribution in [0.5, 0.6) is 5.75 Å². The number of nitrogens with one attached hydrogen (secondary N) is 2. The number of benzene rings is 1. The zero-order chi connectivity index (χ0) is 38.8. The van der Waals surface area contributed by atoms with Crippen LogP contribution in [0.3, 0.4) is 0 Å². The molecule has 1 aliphatic carbocycles. The maximum Gasteiger partial charge on any atom is 0.475 e. The minimum atomic E-state index is -1.80. The van der Waals surface area contributed by atoms with Crippen molar-refractivity contribution in [3.8, 4) is 5.75 Å². The first-order valence-electron chi connectivity index (χ1n) is 19.7. The van der Waals surface area contributed by atoms with E-state index in [1.54, 1.807) is 4.90 Å². The Labute approximate surface area is 319 Å². The van der Waals surface area contributed by atoms with Crippen molar-refractivity contribution in [2.24, 2.45) is 11.3 Å². The van der Waals surface area contributed by atoms with E-state index >= 15 is 0 Å². The molecule has 0 unspecified atom stereocenters. The van der Waals surface area contributed by atoms with Crippen LogP contribution >= 0.6 is 0 Å². The molecule has 4 N–H and O–H groups in total. The van der Waals surface area contributed by atoms with Crippen LogP contribution in [-0.2, 0) is 36.9 Å². The summed E-state index contributed by atoms with van der Waals surface area (Å²) in [6.45, 7) is 13.0. The van der Waals surface area contributed by atoms with Gasteiger partial charge in [0.25, 0.3) is 0 Å². The topological polar surface area (TPSA) is 179 Å². The summed E-state index contributed by atoms with van der Waals surface area (Å²) in [5.41, 5.74) is 1.66. The fourth-order valence-corrected chi connectivity index (χ4v) is 7.66. The van der Waals surface area contributed by atoms with Gasteiger partial charge in [0.15, 0.2) is 0 Å². The zero-order valence-corrected chi connectivity index (χ0v) is 32.4. The van der Waals surface area contributed by atoms with Crippen LogP contribution in [0.15, 0.2) is 18.2 Å². The first-order chi connectivity index (χ1) is 25.8. The Balaban J connectivity index is 1.26. The second kappa shape index (κ2) is 19.3. The largest absolute Gasteiger partial charge is 0.492 e. The third kappa shape index (κ3) is 11.7. The number of amides is 4. The number of nitrogens with zero attached hydrogens (tertiary/aromatic N) is 3. The molecule has 1 saturated carbocycles. The zero-order valence-electron chi connectivity index (χ0n) is 32.4. The van der Waals surface area contributed by atoms with Crippen molar-refractivity contribution in [2.75, 3.05) is 52.6 Å². The van der Waals surface area contributed by atoms with Crippen molar-refractivity contribution < 1.29 is 48.2 Å². The lowest BCUT2D eigenvalue weighted by atomic mass is 9.76. The number of rotatable bonds is 14. The predicted molar refractivity (Wildman–Crippen MR) is 200 cm³/mol. The highest BCUT2D eigenvalue weighted by Crippen LogP contribution is 2.32. The Kier molecular flexibility index (Phi) is 14.9. The summed E-state index contributed by atoms with van der Waals surface area (Å²) in [6.07, 6.45) is 3.12. The van der Waals surface area contributed by atoms with Crippen molar-refractivity contribution in [1.82, 2.24) is 25.3 Å². The van der Waals surface area contributed by atoms with Crippen LogP contribution in [0.1, 0.15) is 90.2 Å². The molecule has 3 fully saturated rings. The van der Waals surface area contributed by atoms with Gasteiger partial charge in [0.05, 0.1) is 32.3 Å². The van der Waals surface area contributed by atoms with E-state index in [1.807, 2.05) is 45.9 Å². The quantitative estimate of drug-likeness (QED) is 0.205. The third-order valence-electron chi connectivity index (χ3n) is 10.6. The van der Waals surface area contributed by atoms with Crippen LogP contribution in [0, 0.1) is 11.3 Å². The molecule has 54 heavy (non-hydrogen) atoms. The molecule has 15 nitrogen and oxygen atoms in total. The molecule has 2 saturated heterocycles. The standard InChI is InChI=1S/C38H60BN5O10/c1-5-9-32(39(49)50)40-34(45)31-21-30(24-44(31)35(46)33(26-10-7-6-8-11-26)41-36(47)53-25-38(2,3)4)54-37(48)43-22-27-12-13-29(20-28(27)23-43)52-19-16-42-14-17-51-18-15-42/h12-13,20,26,30-33,49-50H,5-11,14-19,21-25H2,1-4H3,(H,40,45)(H,41,47)/t30-,31+,32+,33+/m1/s1. The van der Waals surface area contributed by atoms with Crippen LogP contribution in [-0.4, -0.2) is 133 Å². The van der Waals surface area contributed by atoms with Gasteiger partial charge in [0, 0.05) is 39.1 Å². The van der Waals surface area contributed by atoms with Gasteiger partial charge < -0.3 is 44.5 Å². The summed E-state index contributed by atoms with van der Waals surface area (Å²) in [6, 6.07) is 3.79. The SMILES string of the molecule is CCC[C@H](NC(=O)[C@@H]1C[C@@H](OC(=O)N2Cc3ccc(OCCN4CCOCC4)cc3C2)CN1C(=O)[C@@H](NC(=O)OCC(C)(C)C)C1CCCCC1)B(O)O. The highest BCUT2D eigenvalue weighted by atomic mass is 16.6. The van der Waals surface area contributed by atoms with E-state index in [1.165, 1.54) is 4.90 Å². The molecule has 4 aliphatic rings. The summed E-state index contributed by atoms with van der Waals surface area (Å²) in [4.78, 5) is 60.2. The Morgan fingerprint density at radius 3 is 2.43 bits per heavy atom. The van der Waals surface area contributed by atoms with Crippen LogP contribution in [0.25, 0.3) is 0 Å². The average Bonchev–Trinajstić information content (AvgIpc) is 3.77. The van der Waals surface area contributed by atoms with E-state index in [9.17, 15) is 29.2 Å². The Bertz CT molecular complexity index is 1430. The highest BCUT2D eigenvalue weighted by molar-refractivity contribution is 6.43. The van der Waals surface area contributed by atoms with Gasteiger partial charge in [0.1, 0.15) is 30.5 Å². The molecule has 0 aromatic heterocycles. The van der Waals surface area contributed by atoms with E-state index in [4.69, 9.17) is 18.9 Å². The second-order valence-corrected chi connectivity index (χ2v) is 16.3. The number of ether oxygens (including phenoxy) is 4. The fraction of sp³-hybridized carbons (Fsp3) is 0.737. The lowest BCUT2D eigenvalue weighted by Gasteiger charge is -2.34. The lowest BCUT2D eigenvalue weighted by Crippen LogP contribution is -2.58. The molecular weight excluding hydrogens is 697 g/mol. The molecular formula is C38H60BN5O10. The van der Waals surface area contributed by atoms with E-state index in [0.29, 0.717) is 32.5 Å². The maximum atomic E-state index is 14.5. The minimum absolute atomic E-state index is 0.0114. The van der Waals surface area contributed by atoms with E-state index in [-0.39, 0.29) is 30.9 Å². The number of hydrogen-bond acceptors (Lipinski definition) is 11. The molecule has 0 spiro atoms. The Hall–Kier alpha value is -3.60. The normalized spacial score (nSPS) is 21.9. The summed E-state index contributed by atoms with van der Waals surface area (Å²) >= 11 is 0. The number of likely N-dealkylation sites (tertiary alicyclic amines) is 1. The Morgan fingerprint density at radius 2 is 1.74 bits per heavy atom. The molecule has 4 amide bonds. The summed E-state index contributed by atoms with van der Waals surface area (Å²) in [5.74, 6) is -1.42. The summed E-state index contributed by atoms with van der Waals surface area (Å²) in [5, 5.41) is 25.5. The van der Waals surface area contributed by atoms with Gasteiger partial charge in [-0.05, 0) is 53.9 Å². The predicted octanol–water partition coefficient (Wildman–Crippen LogP) is 2.84. The summed E-state index contributed by atoms with van der Waals surface area (Å²) in [7, 11) is -1.80. The molecule has 1 aromatic rings. The van der Waals surface area contributed by atoms with E-state index in [2.05, 4.69) is 15.5 Å². The van der Waals surface area contributed by atoms with Gasteiger partial charge in [-0.15, -0.1) is 0 Å². The minimum Gasteiger partial charge on any atom is -0.492 e. The van der Waals surface area contributed by atoms with Gasteiger partial charge in [-0.2, -0.15) is 0 Å². The van der Waals surface area contributed by atoms with Gasteiger partial charge in [-0.3, -0.25) is 19.4 Å². The van der Waals surface area contributed by atoms with E-state index in [0.717, 1.165) is 81.8 Å². The number of fused-ring (bicyclic) bond motifs is 1. The molecule has 3 aliphatic heterocycles. The summed E-state index contributed by atoms with van der Waals surface area (Å²) < 4.78 is 22.9. The fourth-order valence-electron chi connectivity index (χ4n) is 7.66. The van der Waals surface area contributed by atoms with Gasteiger partial charge in [-0.1, -0.05) is 59.4 Å². The smallest absolute Gasteiger partial charge is 0.475 e. The molecule has 0 radical (unpaired) electrons. The lowest BCUT2D eigenvalue weighted by molar-refractivity contribution is -0.141. The van der Waals surface area contributed by atoms with Crippen LogP contribution in [0.4, 0.5) is 9.59 Å². The van der Waals surface area contributed by atoms with E-state index < -0.39 is 55.2 Å². The van der Waals surface area contributed by atoms with Crippen LogP contribution < -0.4 is 15.4 Å². The average molecular weight is 758 g/mol. The third-order valence-corrected chi connectivity index (χ3v) is 10.6. The molecule has 0 bridgehead atoms. The van der Waals surface area contributed by atoms with Crippen molar-refractivity contribution in [3.05, 3.63) is 29.3 Å². The molecule has 16 heteroatoms. The maximum absolute atomic E-state index is 14.5. The van der Waals surface area contributed by atoms with Gasteiger partial charge >= 0.3 is 19.3 Å². The monoisotopic (exact) mass is 757 g/mol. The molecule has 4 atom stereocenters. The number of carbonyl (C=O) groups excluding carboxylic acids is 4. The second-order valence-electron chi connectivity index (χ2n) is 16.3. The molecule has 3 heterocycles. The van der Waals surface area contributed by atoms with Crippen molar-refractivity contribution in [3.63, 3.8) is 0 Å². The molecule has 1 aromatic carbocycles. The number of hydrogen-bond donors (Lipinski definition) is 4. The number of morpholine rings is 1. The van der Waals surface area contributed by atoms with Crippen LogP contribution in [0.2, 0.25) is 0 Å². The number of carbonyl (C=O) groups is 4. The first kappa shape index (κ1) is 41.6. The van der Waals surface area contributed by atoms with Crippen molar-refractivity contribution in [1.29, 1.82) is 0 Å². The highest BCUT2D eigenvalue weighted by Gasteiger charge is 2.46. The van der Waals surface area contributed by atoms with Gasteiger partial charge in [0.2, 0.25) is 11.8 Å². The first-order valence-corrected chi connectivity index (χ1v) is 19.7. The molecule has 5 rings (SSSR count). The van der Waals surface area contributed by atoms with Crippen molar-refractivity contribution in [2.45, 2.75) is 116 Å². The molecule has 300 valence electrons. The Morgan fingerprint density at radius 1 is 1.02 bits per heavy atom. The van der Waals surface area contributed by atoms with Gasteiger partial charge in [-0.25, -0.2) is 9.59 Å².